The van der Waals surface area contributed by atoms with Crippen LogP contribution in [0.5, 0.6) is 11.5 Å². The number of piperazine rings is 1. The minimum atomic E-state index is -0.0694. The Hall–Kier alpha value is -2.99. The van der Waals surface area contributed by atoms with Gasteiger partial charge in [0.2, 0.25) is 5.91 Å². The van der Waals surface area contributed by atoms with Crippen molar-refractivity contribution in [2.24, 2.45) is 0 Å². The van der Waals surface area contributed by atoms with Crippen molar-refractivity contribution in [3.8, 4) is 11.5 Å². The maximum absolute atomic E-state index is 13.3. The molecule has 0 unspecified atom stereocenters. The lowest BCUT2D eigenvalue weighted by Gasteiger charge is -2.32. The fourth-order valence-corrected chi connectivity index (χ4v) is 4.59. The van der Waals surface area contributed by atoms with E-state index in [-0.39, 0.29) is 11.8 Å². The summed E-state index contributed by atoms with van der Waals surface area (Å²) in [4.78, 5) is 20.3. The third kappa shape index (κ3) is 4.39. The number of amides is 1. The van der Waals surface area contributed by atoms with Crippen molar-refractivity contribution < 1.29 is 19.2 Å². The van der Waals surface area contributed by atoms with Crippen LogP contribution >= 0.6 is 0 Å². The van der Waals surface area contributed by atoms with Gasteiger partial charge in [-0.2, -0.15) is 0 Å². The third-order valence-corrected chi connectivity index (χ3v) is 6.51. The molecule has 0 aliphatic carbocycles. The summed E-state index contributed by atoms with van der Waals surface area (Å²) < 4.78 is 11.0. The second-order valence-corrected chi connectivity index (χ2v) is 8.15. The lowest BCUT2D eigenvalue weighted by atomic mass is 9.87. The van der Waals surface area contributed by atoms with Crippen LogP contribution in [0.15, 0.2) is 48.7 Å². The summed E-state index contributed by atoms with van der Waals surface area (Å²) in [5.74, 6) is 1.51. The van der Waals surface area contributed by atoms with Gasteiger partial charge < -0.3 is 24.3 Å². The molecule has 1 amide bonds. The van der Waals surface area contributed by atoms with Gasteiger partial charge in [-0.25, -0.2) is 0 Å². The average Bonchev–Trinajstić information content (AvgIpc) is 3.26. The van der Waals surface area contributed by atoms with E-state index in [0.717, 1.165) is 54.8 Å². The minimum absolute atomic E-state index is 0.0694. The van der Waals surface area contributed by atoms with Crippen LogP contribution in [0.25, 0.3) is 10.9 Å². The molecule has 3 aromatic rings. The zero-order valence-corrected chi connectivity index (χ0v) is 18.6. The molecule has 0 spiro atoms. The van der Waals surface area contributed by atoms with E-state index in [1.54, 1.807) is 19.1 Å². The Balaban J connectivity index is 1.67. The summed E-state index contributed by atoms with van der Waals surface area (Å²) in [5, 5.41) is 1.15. The first kappa shape index (κ1) is 21.2. The predicted octanol–water partition coefficient (Wildman–Crippen LogP) is 2.45. The molecule has 0 bridgehead atoms. The number of ether oxygens (including phenoxy) is 2. The van der Waals surface area contributed by atoms with E-state index in [2.05, 4.69) is 24.0 Å². The molecule has 6 nitrogen and oxygen atoms in total. The van der Waals surface area contributed by atoms with Gasteiger partial charge in [0.15, 0.2) is 11.5 Å². The standard InChI is InChI=1S/C25H31N3O3/c1-4-27-11-13-28(14-12-27)25(29)16-20(18-9-10-23(30-2)24(15-18)31-3)21-17-26-22-8-6-5-7-19(21)22/h5-10,15,17,20,26H,4,11-14,16H2,1-3H3/p+1/t20-/m0/s1. The summed E-state index contributed by atoms with van der Waals surface area (Å²) in [5.41, 5.74) is 3.26. The zero-order chi connectivity index (χ0) is 21.8. The van der Waals surface area contributed by atoms with Crippen molar-refractivity contribution in [1.29, 1.82) is 0 Å². The SMILES string of the molecule is CC[NH+]1CCN(C(=O)C[C@@H](c2ccc(OC)c(OC)c2)c2c[nH]c3ccccc23)CC1. The molecule has 1 fully saturated rings. The number of benzene rings is 2. The summed E-state index contributed by atoms with van der Waals surface area (Å²) >= 11 is 0. The summed E-state index contributed by atoms with van der Waals surface area (Å²) in [7, 11) is 3.28. The number of quaternary nitrogens is 1. The second kappa shape index (κ2) is 9.43. The number of para-hydroxylation sites is 1. The molecule has 4 rings (SSSR count). The van der Waals surface area contributed by atoms with Crippen LogP contribution in [0.3, 0.4) is 0 Å². The molecule has 6 heteroatoms. The lowest BCUT2D eigenvalue weighted by Crippen LogP contribution is -3.14. The first-order valence-electron chi connectivity index (χ1n) is 11.0. The fourth-order valence-electron chi connectivity index (χ4n) is 4.59. The quantitative estimate of drug-likeness (QED) is 0.615. The number of likely N-dealkylation sites (N-methyl/N-ethyl adjacent to an activating group) is 1. The average molecular weight is 423 g/mol. The van der Waals surface area contributed by atoms with Crippen LogP contribution in [-0.2, 0) is 4.79 Å². The molecule has 2 heterocycles. The summed E-state index contributed by atoms with van der Waals surface area (Å²) in [6.45, 7) is 7.03. The van der Waals surface area contributed by atoms with Crippen LogP contribution in [0.2, 0.25) is 0 Å². The first-order chi connectivity index (χ1) is 15.1. The van der Waals surface area contributed by atoms with Crippen molar-refractivity contribution in [2.45, 2.75) is 19.3 Å². The Labute approximate surface area is 183 Å². The fraction of sp³-hybridized carbons (Fsp3) is 0.400. The summed E-state index contributed by atoms with van der Waals surface area (Å²) in [6.07, 6.45) is 2.47. The number of nitrogens with one attached hydrogen (secondary N) is 2. The highest BCUT2D eigenvalue weighted by atomic mass is 16.5. The van der Waals surface area contributed by atoms with Gasteiger partial charge in [-0.3, -0.25) is 4.79 Å². The Morgan fingerprint density at radius 2 is 1.84 bits per heavy atom. The van der Waals surface area contributed by atoms with Gasteiger partial charge in [-0.05, 0) is 36.2 Å². The molecule has 2 N–H and O–H groups in total. The first-order valence-corrected chi connectivity index (χ1v) is 11.0. The van der Waals surface area contributed by atoms with Crippen molar-refractivity contribution in [3.63, 3.8) is 0 Å². The number of aromatic amines is 1. The van der Waals surface area contributed by atoms with E-state index in [4.69, 9.17) is 9.47 Å². The zero-order valence-electron chi connectivity index (χ0n) is 18.6. The van der Waals surface area contributed by atoms with E-state index in [9.17, 15) is 4.79 Å². The number of methoxy groups -OCH3 is 2. The van der Waals surface area contributed by atoms with Gasteiger partial charge in [0.05, 0.1) is 46.9 Å². The highest BCUT2D eigenvalue weighted by Gasteiger charge is 2.28. The molecular formula is C25H32N3O3+. The van der Waals surface area contributed by atoms with Crippen LogP contribution in [-0.4, -0.2) is 62.7 Å². The predicted molar refractivity (Wildman–Crippen MR) is 122 cm³/mol. The van der Waals surface area contributed by atoms with Gasteiger partial charge in [0.1, 0.15) is 0 Å². The minimum Gasteiger partial charge on any atom is -0.493 e. The maximum atomic E-state index is 13.3. The van der Waals surface area contributed by atoms with Crippen LogP contribution in [0.1, 0.15) is 30.4 Å². The van der Waals surface area contributed by atoms with Crippen LogP contribution in [0.4, 0.5) is 0 Å². The molecule has 0 saturated carbocycles. The normalized spacial score (nSPS) is 15.8. The Bertz CT molecular complexity index is 1040. The number of aromatic nitrogens is 1. The number of hydrogen-bond acceptors (Lipinski definition) is 3. The number of carbonyl (C=O) groups is 1. The molecule has 164 valence electrons. The number of rotatable bonds is 7. The summed E-state index contributed by atoms with van der Waals surface area (Å²) in [6, 6.07) is 14.2. The van der Waals surface area contributed by atoms with E-state index in [0.29, 0.717) is 17.9 Å². The Morgan fingerprint density at radius 3 is 2.55 bits per heavy atom. The molecule has 1 aromatic heterocycles. The smallest absolute Gasteiger partial charge is 0.223 e. The van der Waals surface area contributed by atoms with Crippen molar-refractivity contribution in [2.75, 3.05) is 46.9 Å². The number of nitrogens with zero attached hydrogens (tertiary/aromatic N) is 1. The Kier molecular flexibility index (Phi) is 6.47. The Morgan fingerprint density at radius 1 is 1.10 bits per heavy atom. The van der Waals surface area contributed by atoms with E-state index < -0.39 is 0 Å². The van der Waals surface area contributed by atoms with Crippen molar-refractivity contribution in [3.05, 3.63) is 59.8 Å². The van der Waals surface area contributed by atoms with Crippen molar-refractivity contribution >= 4 is 16.8 Å². The number of fused-ring (bicyclic) bond motifs is 1. The molecule has 1 saturated heterocycles. The van der Waals surface area contributed by atoms with Gasteiger partial charge in [-0.15, -0.1) is 0 Å². The molecule has 1 aliphatic heterocycles. The number of hydrogen-bond donors (Lipinski definition) is 2. The topological polar surface area (TPSA) is 59.0 Å². The molecule has 2 aromatic carbocycles. The van der Waals surface area contributed by atoms with Gasteiger partial charge in [0.25, 0.3) is 0 Å². The number of H-pyrrole nitrogens is 1. The van der Waals surface area contributed by atoms with E-state index >= 15 is 0 Å². The van der Waals surface area contributed by atoms with Crippen LogP contribution in [0, 0.1) is 0 Å². The second-order valence-electron chi connectivity index (χ2n) is 8.15. The van der Waals surface area contributed by atoms with E-state index in [1.807, 2.05) is 41.4 Å². The van der Waals surface area contributed by atoms with Gasteiger partial charge >= 0.3 is 0 Å². The lowest BCUT2D eigenvalue weighted by molar-refractivity contribution is -0.902. The molecule has 0 radical (unpaired) electrons. The monoisotopic (exact) mass is 422 g/mol. The number of carbonyl (C=O) groups excluding carboxylic acids is 1. The largest absolute Gasteiger partial charge is 0.493 e. The molecule has 31 heavy (non-hydrogen) atoms. The highest BCUT2D eigenvalue weighted by molar-refractivity contribution is 5.86. The van der Waals surface area contributed by atoms with Gasteiger partial charge in [-0.1, -0.05) is 24.3 Å². The maximum Gasteiger partial charge on any atom is 0.223 e. The molecular weight excluding hydrogens is 390 g/mol. The molecule has 1 aliphatic rings. The van der Waals surface area contributed by atoms with Crippen molar-refractivity contribution in [1.82, 2.24) is 9.88 Å². The van der Waals surface area contributed by atoms with Gasteiger partial charge in [0, 0.05) is 29.4 Å². The van der Waals surface area contributed by atoms with Crippen LogP contribution < -0.4 is 14.4 Å². The highest BCUT2D eigenvalue weighted by Crippen LogP contribution is 2.38. The third-order valence-electron chi connectivity index (χ3n) is 6.51. The van der Waals surface area contributed by atoms with E-state index in [1.165, 1.54) is 0 Å². The molecule has 1 atom stereocenters.